The largest absolute Gasteiger partial charge is 0.496 e. The van der Waals surface area contributed by atoms with E-state index in [-0.39, 0.29) is 30.5 Å². The van der Waals surface area contributed by atoms with Crippen molar-refractivity contribution in [3.8, 4) is 5.75 Å². The predicted molar refractivity (Wildman–Crippen MR) is 85.1 cm³/mol. The smallest absolute Gasteiger partial charge is 0.286 e. The quantitative estimate of drug-likeness (QED) is 0.849. The molecule has 2 aromatic rings. The summed E-state index contributed by atoms with van der Waals surface area (Å²) in [5, 5.41) is 2.65. The van der Waals surface area contributed by atoms with Crippen molar-refractivity contribution in [2.75, 3.05) is 20.7 Å². The summed E-state index contributed by atoms with van der Waals surface area (Å²) in [5.41, 5.74) is 0.936. The van der Waals surface area contributed by atoms with Gasteiger partial charge in [-0.1, -0.05) is 18.2 Å². The molecular weight excluding hydrogens is 296 g/mol. The third-order valence-corrected chi connectivity index (χ3v) is 3.40. The number of rotatable bonds is 7. The van der Waals surface area contributed by atoms with Crippen LogP contribution in [-0.4, -0.2) is 37.4 Å². The minimum atomic E-state index is -0.324. The lowest BCUT2D eigenvalue weighted by Gasteiger charge is -2.19. The van der Waals surface area contributed by atoms with Gasteiger partial charge in [0, 0.05) is 32.1 Å². The maximum Gasteiger partial charge on any atom is 0.286 e. The number of nitrogens with one attached hydrogen (secondary N) is 1. The number of furan rings is 1. The van der Waals surface area contributed by atoms with Crippen molar-refractivity contribution in [1.29, 1.82) is 0 Å². The van der Waals surface area contributed by atoms with Gasteiger partial charge >= 0.3 is 0 Å². The maximum atomic E-state index is 12.1. The lowest BCUT2D eigenvalue weighted by Crippen LogP contribution is -2.31. The molecule has 6 nitrogen and oxygen atoms in total. The van der Waals surface area contributed by atoms with E-state index < -0.39 is 0 Å². The molecule has 1 heterocycles. The Bertz CT molecular complexity index is 652. The second-order valence-corrected chi connectivity index (χ2v) is 5.04. The summed E-state index contributed by atoms with van der Waals surface area (Å²) in [4.78, 5) is 25.4. The van der Waals surface area contributed by atoms with Gasteiger partial charge in [0.2, 0.25) is 5.91 Å². The summed E-state index contributed by atoms with van der Waals surface area (Å²) in [6, 6.07) is 10.8. The minimum Gasteiger partial charge on any atom is -0.496 e. The second kappa shape index (κ2) is 8.03. The number of hydrogen-bond acceptors (Lipinski definition) is 4. The Labute approximate surface area is 135 Å². The van der Waals surface area contributed by atoms with E-state index in [9.17, 15) is 9.59 Å². The highest BCUT2D eigenvalue weighted by Gasteiger charge is 2.13. The third kappa shape index (κ3) is 4.60. The zero-order chi connectivity index (χ0) is 16.7. The molecule has 0 fully saturated rings. The molecule has 0 bridgehead atoms. The van der Waals surface area contributed by atoms with E-state index in [0.29, 0.717) is 6.54 Å². The molecule has 2 rings (SSSR count). The van der Waals surface area contributed by atoms with E-state index in [1.165, 1.54) is 6.26 Å². The molecule has 2 amide bonds. The Kier molecular flexibility index (Phi) is 5.80. The summed E-state index contributed by atoms with van der Waals surface area (Å²) >= 11 is 0. The Balaban J connectivity index is 1.80. The van der Waals surface area contributed by atoms with Crippen LogP contribution in [0.15, 0.2) is 47.1 Å². The highest BCUT2D eigenvalue weighted by atomic mass is 16.5. The number of methoxy groups -OCH3 is 1. The summed E-state index contributed by atoms with van der Waals surface area (Å²) < 4.78 is 10.3. The molecule has 0 aliphatic rings. The van der Waals surface area contributed by atoms with Crippen LogP contribution in [0.2, 0.25) is 0 Å². The van der Waals surface area contributed by atoms with Crippen LogP contribution in [0.5, 0.6) is 5.75 Å². The molecule has 0 atom stereocenters. The second-order valence-electron chi connectivity index (χ2n) is 5.04. The van der Waals surface area contributed by atoms with Gasteiger partial charge in [-0.2, -0.15) is 0 Å². The molecule has 0 spiro atoms. The molecule has 0 aliphatic heterocycles. The average molecular weight is 316 g/mol. The summed E-state index contributed by atoms with van der Waals surface area (Å²) in [6.45, 7) is 0.712. The van der Waals surface area contributed by atoms with Crippen molar-refractivity contribution in [3.63, 3.8) is 0 Å². The normalized spacial score (nSPS) is 10.2. The Hall–Kier alpha value is -2.76. The van der Waals surface area contributed by atoms with E-state index >= 15 is 0 Å². The Morgan fingerprint density at radius 2 is 2.00 bits per heavy atom. The Morgan fingerprint density at radius 3 is 2.70 bits per heavy atom. The fourth-order valence-electron chi connectivity index (χ4n) is 2.15. The van der Waals surface area contributed by atoms with Crippen molar-refractivity contribution in [1.82, 2.24) is 10.2 Å². The van der Waals surface area contributed by atoms with Gasteiger partial charge < -0.3 is 19.4 Å². The highest BCUT2D eigenvalue weighted by Crippen LogP contribution is 2.18. The number of hydrogen-bond donors (Lipinski definition) is 1. The van der Waals surface area contributed by atoms with Crippen molar-refractivity contribution in [2.24, 2.45) is 0 Å². The highest BCUT2D eigenvalue weighted by molar-refractivity contribution is 5.91. The van der Waals surface area contributed by atoms with Gasteiger partial charge in [-0.05, 0) is 18.2 Å². The van der Waals surface area contributed by atoms with Gasteiger partial charge in [0.1, 0.15) is 5.75 Å². The molecule has 0 saturated heterocycles. The SMILES string of the molecule is COc1ccccc1CN(C)C(=O)CCNC(=O)c1ccco1. The molecule has 1 aromatic heterocycles. The number of ether oxygens (including phenoxy) is 1. The molecule has 0 radical (unpaired) electrons. The van der Waals surface area contributed by atoms with Gasteiger partial charge in [0.25, 0.3) is 5.91 Å². The molecule has 0 aliphatic carbocycles. The molecular formula is C17H20N2O4. The minimum absolute atomic E-state index is 0.0596. The predicted octanol–water partition coefficient (Wildman–Crippen LogP) is 2.07. The van der Waals surface area contributed by atoms with Crippen molar-refractivity contribution >= 4 is 11.8 Å². The van der Waals surface area contributed by atoms with Crippen LogP contribution in [0.3, 0.4) is 0 Å². The summed E-state index contributed by atoms with van der Waals surface area (Å²) in [7, 11) is 3.33. The molecule has 122 valence electrons. The number of benzene rings is 1. The number of nitrogens with zero attached hydrogens (tertiary/aromatic N) is 1. The number of amides is 2. The molecule has 1 N–H and O–H groups in total. The van der Waals surface area contributed by atoms with Gasteiger partial charge in [-0.25, -0.2) is 0 Å². The molecule has 23 heavy (non-hydrogen) atoms. The fourth-order valence-corrected chi connectivity index (χ4v) is 2.15. The third-order valence-electron chi connectivity index (χ3n) is 3.40. The molecule has 6 heteroatoms. The maximum absolute atomic E-state index is 12.1. The van der Waals surface area contributed by atoms with E-state index in [1.54, 1.807) is 31.2 Å². The van der Waals surface area contributed by atoms with E-state index in [2.05, 4.69) is 5.32 Å². The first kappa shape index (κ1) is 16.6. The van der Waals surface area contributed by atoms with Gasteiger partial charge in [-0.3, -0.25) is 9.59 Å². The average Bonchev–Trinajstić information content (AvgIpc) is 3.09. The zero-order valence-corrected chi connectivity index (χ0v) is 13.2. The van der Waals surface area contributed by atoms with Crippen LogP contribution >= 0.6 is 0 Å². The van der Waals surface area contributed by atoms with Gasteiger partial charge in [0.15, 0.2) is 5.76 Å². The first-order valence-electron chi connectivity index (χ1n) is 7.29. The molecule has 0 saturated carbocycles. The number of carbonyl (C=O) groups excluding carboxylic acids is 2. The van der Waals surface area contributed by atoms with Crippen molar-refractivity contribution in [3.05, 3.63) is 54.0 Å². The van der Waals surface area contributed by atoms with E-state index in [4.69, 9.17) is 9.15 Å². The first-order valence-corrected chi connectivity index (χ1v) is 7.29. The number of para-hydroxylation sites is 1. The van der Waals surface area contributed by atoms with Gasteiger partial charge in [-0.15, -0.1) is 0 Å². The fraction of sp³-hybridized carbons (Fsp3) is 0.294. The molecule has 0 unspecified atom stereocenters. The zero-order valence-electron chi connectivity index (χ0n) is 13.2. The summed E-state index contributed by atoms with van der Waals surface area (Å²) in [5.74, 6) is 0.601. The van der Waals surface area contributed by atoms with Crippen LogP contribution in [0.1, 0.15) is 22.5 Å². The Morgan fingerprint density at radius 1 is 1.22 bits per heavy atom. The van der Waals surface area contributed by atoms with Crippen LogP contribution in [0.25, 0.3) is 0 Å². The van der Waals surface area contributed by atoms with Crippen LogP contribution in [0, 0.1) is 0 Å². The lowest BCUT2D eigenvalue weighted by atomic mass is 10.2. The van der Waals surface area contributed by atoms with Crippen molar-refractivity contribution in [2.45, 2.75) is 13.0 Å². The van der Waals surface area contributed by atoms with Crippen molar-refractivity contribution < 1.29 is 18.7 Å². The first-order chi connectivity index (χ1) is 11.1. The molecule has 1 aromatic carbocycles. The monoisotopic (exact) mass is 316 g/mol. The van der Waals surface area contributed by atoms with Crippen LogP contribution < -0.4 is 10.1 Å². The van der Waals surface area contributed by atoms with Crippen LogP contribution in [-0.2, 0) is 11.3 Å². The van der Waals surface area contributed by atoms with E-state index in [1.807, 2.05) is 24.3 Å². The number of carbonyl (C=O) groups is 2. The lowest BCUT2D eigenvalue weighted by molar-refractivity contribution is -0.130. The van der Waals surface area contributed by atoms with Crippen LogP contribution in [0.4, 0.5) is 0 Å². The summed E-state index contributed by atoms with van der Waals surface area (Å²) in [6.07, 6.45) is 1.65. The van der Waals surface area contributed by atoms with Gasteiger partial charge in [0.05, 0.1) is 13.4 Å². The topological polar surface area (TPSA) is 71.8 Å². The van der Waals surface area contributed by atoms with E-state index in [0.717, 1.165) is 11.3 Å². The standard InChI is InChI=1S/C17H20N2O4/c1-19(12-13-6-3-4-7-14(13)22-2)16(20)9-10-18-17(21)15-8-5-11-23-15/h3-8,11H,9-10,12H2,1-2H3,(H,18,21).